The topological polar surface area (TPSA) is 66.4 Å². The molecular weight excluding hydrogens is 288 g/mol. The molecule has 1 unspecified atom stereocenters. The quantitative estimate of drug-likeness (QED) is 0.813. The Labute approximate surface area is 130 Å². The zero-order valence-electron chi connectivity index (χ0n) is 13.8. The van der Waals surface area contributed by atoms with Crippen LogP contribution in [0.5, 0.6) is 11.5 Å². The molecule has 1 atom stereocenters. The molecule has 6 heteroatoms. The molecule has 0 aromatic heterocycles. The zero-order chi connectivity index (χ0) is 16.3. The fourth-order valence-electron chi connectivity index (χ4n) is 2.66. The van der Waals surface area contributed by atoms with Crippen molar-refractivity contribution in [2.75, 3.05) is 27.8 Å². The highest BCUT2D eigenvalue weighted by Gasteiger charge is 2.35. The maximum absolute atomic E-state index is 10.4. The van der Waals surface area contributed by atoms with Gasteiger partial charge in [0.15, 0.2) is 19.9 Å². The first-order valence-electron chi connectivity index (χ1n) is 7.15. The van der Waals surface area contributed by atoms with E-state index in [9.17, 15) is 5.11 Å². The van der Waals surface area contributed by atoms with E-state index in [4.69, 9.17) is 23.7 Å². The predicted molar refractivity (Wildman–Crippen MR) is 80.0 cm³/mol. The molecular formula is C16H24O6. The van der Waals surface area contributed by atoms with Crippen LogP contribution in [-0.2, 0) is 20.6 Å². The van der Waals surface area contributed by atoms with Crippen molar-refractivity contribution < 1.29 is 28.8 Å². The van der Waals surface area contributed by atoms with Crippen molar-refractivity contribution in [1.29, 1.82) is 0 Å². The summed E-state index contributed by atoms with van der Waals surface area (Å²) in [5.41, 5.74) is 1.89. The van der Waals surface area contributed by atoms with Crippen LogP contribution in [-0.4, -0.2) is 38.5 Å². The molecule has 0 amide bonds. The molecule has 1 N–H and O–H groups in total. The molecule has 0 radical (unpaired) electrons. The summed E-state index contributed by atoms with van der Waals surface area (Å²) in [5, 5.41) is 10.4. The lowest BCUT2D eigenvalue weighted by Gasteiger charge is -2.36. The Hall–Kier alpha value is -1.34. The highest BCUT2D eigenvalue weighted by molar-refractivity contribution is 5.55. The number of methoxy groups -OCH3 is 2. The van der Waals surface area contributed by atoms with E-state index in [0.717, 1.165) is 11.1 Å². The summed E-state index contributed by atoms with van der Waals surface area (Å²) in [6.07, 6.45) is -0.396. The summed E-state index contributed by atoms with van der Waals surface area (Å²) in [4.78, 5) is 0. The number of fused-ring (bicyclic) bond motifs is 1. The summed E-state index contributed by atoms with van der Waals surface area (Å²) in [5.74, 6) is 1.20. The highest BCUT2D eigenvalue weighted by Crippen LogP contribution is 2.44. The van der Waals surface area contributed by atoms with Gasteiger partial charge < -0.3 is 28.8 Å². The number of aliphatic hydroxyl groups excluding tert-OH is 1. The first-order valence-corrected chi connectivity index (χ1v) is 7.15. The van der Waals surface area contributed by atoms with Crippen molar-refractivity contribution in [2.45, 2.75) is 39.1 Å². The second-order valence-electron chi connectivity index (χ2n) is 5.91. The standard InChI is InChI=1S/C16H24O6/c1-10-12(20-8-18-4)6-11-7-16(2,3)22-15(17)13(11)14(10)21-9-19-5/h6,15,17H,7-9H2,1-5H3. The first kappa shape index (κ1) is 17.0. The van der Waals surface area contributed by atoms with E-state index in [-0.39, 0.29) is 13.6 Å². The number of hydrogen-bond acceptors (Lipinski definition) is 6. The molecule has 22 heavy (non-hydrogen) atoms. The molecule has 0 spiro atoms. The summed E-state index contributed by atoms with van der Waals surface area (Å²) in [7, 11) is 3.11. The minimum atomic E-state index is -1.04. The van der Waals surface area contributed by atoms with Crippen LogP contribution in [0.2, 0.25) is 0 Å². The van der Waals surface area contributed by atoms with Gasteiger partial charge in [0.25, 0.3) is 0 Å². The van der Waals surface area contributed by atoms with Gasteiger partial charge in [-0.1, -0.05) is 0 Å². The maximum atomic E-state index is 10.4. The molecule has 1 aromatic rings. The Balaban J connectivity index is 2.49. The Bertz CT molecular complexity index is 526. The van der Waals surface area contributed by atoms with Crippen molar-refractivity contribution >= 4 is 0 Å². The molecule has 0 bridgehead atoms. The van der Waals surface area contributed by atoms with Crippen molar-refractivity contribution in [3.05, 3.63) is 22.8 Å². The fourth-order valence-corrected chi connectivity index (χ4v) is 2.66. The van der Waals surface area contributed by atoms with Gasteiger partial charge in [0, 0.05) is 26.2 Å². The Morgan fingerprint density at radius 1 is 1.23 bits per heavy atom. The summed E-state index contributed by atoms with van der Waals surface area (Å²) >= 11 is 0. The minimum absolute atomic E-state index is 0.0805. The summed E-state index contributed by atoms with van der Waals surface area (Å²) in [6.45, 7) is 5.96. The second kappa shape index (κ2) is 6.83. The van der Waals surface area contributed by atoms with E-state index in [1.165, 1.54) is 0 Å². The van der Waals surface area contributed by atoms with Gasteiger partial charge in [-0.3, -0.25) is 0 Å². The van der Waals surface area contributed by atoms with Gasteiger partial charge in [-0.25, -0.2) is 0 Å². The fraction of sp³-hybridized carbons (Fsp3) is 0.625. The van der Waals surface area contributed by atoms with Gasteiger partial charge in [0.1, 0.15) is 11.5 Å². The van der Waals surface area contributed by atoms with Gasteiger partial charge in [-0.2, -0.15) is 0 Å². The van der Waals surface area contributed by atoms with Gasteiger partial charge in [0.05, 0.1) is 11.2 Å². The smallest absolute Gasteiger partial charge is 0.188 e. The number of benzene rings is 1. The number of hydrogen-bond donors (Lipinski definition) is 1. The second-order valence-corrected chi connectivity index (χ2v) is 5.91. The van der Waals surface area contributed by atoms with Crippen LogP contribution in [0.25, 0.3) is 0 Å². The molecule has 1 aromatic carbocycles. The minimum Gasteiger partial charge on any atom is -0.467 e. The number of aliphatic hydroxyl groups is 1. The lowest BCUT2D eigenvalue weighted by molar-refractivity contribution is -0.187. The average Bonchev–Trinajstić information content (AvgIpc) is 2.43. The summed E-state index contributed by atoms with van der Waals surface area (Å²) < 4.78 is 26.9. The van der Waals surface area contributed by atoms with Crippen molar-refractivity contribution in [1.82, 2.24) is 0 Å². The average molecular weight is 312 g/mol. The molecule has 0 fully saturated rings. The monoisotopic (exact) mass is 312 g/mol. The predicted octanol–water partition coefficient (Wildman–Crippen LogP) is 2.30. The third-order valence-corrected chi connectivity index (χ3v) is 3.55. The first-order chi connectivity index (χ1) is 10.4. The van der Waals surface area contributed by atoms with Crippen LogP contribution in [0.3, 0.4) is 0 Å². The van der Waals surface area contributed by atoms with E-state index < -0.39 is 11.9 Å². The summed E-state index contributed by atoms with van der Waals surface area (Å²) in [6, 6.07) is 1.91. The lowest BCUT2D eigenvalue weighted by atomic mass is 9.89. The molecule has 2 rings (SSSR count). The van der Waals surface area contributed by atoms with Crippen molar-refractivity contribution in [3.8, 4) is 11.5 Å². The van der Waals surface area contributed by atoms with Gasteiger partial charge in [0.2, 0.25) is 0 Å². The Kier molecular flexibility index (Phi) is 5.28. The zero-order valence-corrected chi connectivity index (χ0v) is 13.8. The van der Waals surface area contributed by atoms with Crippen LogP contribution in [0, 0.1) is 6.92 Å². The third-order valence-electron chi connectivity index (χ3n) is 3.55. The van der Waals surface area contributed by atoms with Crippen LogP contribution >= 0.6 is 0 Å². The van der Waals surface area contributed by atoms with Gasteiger partial charge in [-0.05, 0) is 32.4 Å². The lowest BCUT2D eigenvalue weighted by Crippen LogP contribution is -2.35. The van der Waals surface area contributed by atoms with E-state index in [0.29, 0.717) is 23.5 Å². The third kappa shape index (κ3) is 3.52. The molecule has 0 saturated heterocycles. The number of ether oxygens (including phenoxy) is 5. The SMILES string of the molecule is COCOc1cc2c(c(OCOC)c1C)C(O)OC(C)(C)C2. The van der Waals surface area contributed by atoms with E-state index in [1.54, 1.807) is 14.2 Å². The van der Waals surface area contributed by atoms with Crippen LogP contribution in [0.15, 0.2) is 6.07 Å². The van der Waals surface area contributed by atoms with Gasteiger partial charge in [-0.15, -0.1) is 0 Å². The molecule has 0 aliphatic carbocycles. The van der Waals surface area contributed by atoms with E-state index >= 15 is 0 Å². The van der Waals surface area contributed by atoms with E-state index in [2.05, 4.69) is 0 Å². The van der Waals surface area contributed by atoms with Crippen LogP contribution in [0.1, 0.15) is 36.8 Å². The largest absolute Gasteiger partial charge is 0.467 e. The van der Waals surface area contributed by atoms with Crippen molar-refractivity contribution in [3.63, 3.8) is 0 Å². The molecule has 6 nitrogen and oxygen atoms in total. The maximum Gasteiger partial charge on any atom is 0.188 e. The molecule has 1 aliphatic heterocycles. The molecule has 1 heterocycles. The van der Waals surface area contributed by atoms with E-state index in [1.807, 2.05) is 26.8 Å². The Morgan fingerprint density at radius 2 is 1.86 bits per heavy atom. The van der Waals surface area contributed by atoms with Crippen molar-refractivity contribution in [2.24, 2.45) is 0 Å². The molecule has 1 aliphatic rings. The normalized spacial score (nSPS) is 19.6. The highest BCUT2D eigenvalue weighted by atomic mass is 16.7. The molecule has 124 valence electrons. The molecule has 0 saturated carbocycles. The van der Waals surface area contributed by atoms with Crippen LogP contribution in [0.4, 0.5) is 0 Å². The van der Waals surface area contributed by atoms with Crippen LogP contribution < -0.4 is 9.47 Å². The number of rotatable bonds is 6. The van der Waals surface area contributed by atoms with Gasteiger partial charge >= 0.3 is 0 Å². The Morgan fingerprint density at radius 3 is 2.50 bits per heavy atom.